The highest BCUT2D eigenvalue weighted by Crippen LogP contribution is 2.36. The van der Waals surface area contributed by atoms with Gasteiger partial charge in [0.05, 0.1) is 13.1 Å². The van der Waals surface area contributed by atoms with E-state index in [1.54, 1.807) is 0 Å². The molecule has 0 atom stereocenters. The molecule has 7 heteroatoms. The molecule has 0 amide bonds. The van der Waals surface area contributed by atoms with Gasteiger partial charge in [0.15, 0.2) is 0 Å². The lowest BCUT2D eigenvalue weighted by Crippen LogP contribution is -2.30. The van der Waals surface area contributed by atoms with Crippen molar-refractivity contribution in [1.82, 2.24) is 15.3 Å². The number of rotatable bonds is 3. The summed E-state index contributed by atoms with van der Waals surface area (Å²) in [6.07, 6.45) is -1.65. The van der Waals surface area contributed by atoms with Crippen LogP contribution >= 0.6 is 11.6 Å². The summed E-state index contributed by atoms with van der Waals surface area (Å²) >= 11 is 6.14. The van der Waals surface area contributed by atoms with Gasteiger partial charge < -0.3 is 5.32 Å². The zero-order valence-electron chi connectivity index (χ0n) is 11.4. The molecule has 20 heavy (non-hydrogen) atoms. The van der Waals surface area contributed by atoms with Gasteiger partial charge in [-0.1, -0.05) is 25.4 Å². The Bertz CT molecular complexity index is 500. The van der Waals surface area contributed by atoms with E-state index in [-0.39, 0.29) is 12.0 Å². The predicted octanol–water partition coefficient (Wildman–Crippen LogP) is 3.30. The number of nitrogens with one attached hydrogen (secondary N) is 1. The van der Waals surface area contributed by atoms with E-state index in [9.17, 15) is 13.2 Å². The Labute approximate surface area is 120 Å². The number of aromatic nitrogens is 2. The first-order valence-electron chi connectivity index (χ1n) is 6.48. The molecule has 0 saturated heterocycles. The third-order valence-electron chi connectivity index (χ3n) is 3.39. The van der Waals surface area contributed by atoms with E-state index >= 15 is 0 Å². The summed E-state index contributed by atoms with van der Waals surface area (Å²) in [4.78, 5) is 8.43. The molecule has 1 aliphatic carbocycles. The van der Waals surface area contributed by atoms with Gasteiger partial charge in [0.25, 0.3) is 0 Å². The molecule has 0 aromatic carbocycles. The highest BCUT2D eigenvalue weighted by molar-refractivity contribution is 6.30. The van der Waals surface area contributed by atoms with Gasteiger partial charge >= 0.3 is 6.18 Å². The van der Waals surface area contributed by atoms with Crippen molar-refractivity contribution in [3.05, 3.63) is 22.2 Å². The second kappa shape index (κ2) is 5.48. The molecule has 0 saturated carbocycles. The Morgan fingerprint density at radius 3 is 2.65 bits per heavy atom. The molecular formula is C13H17ClF3N3. The average Bonchev–Trinajstić information content (AvgIpc) is 2.28. The Kier molecular flexibility index (Phi) is 4.25. The van der Waals surface area contributed by atoms with E-state index in [0.29, 0.717) is 11.0 Å². The van der Waals surface area contributed by atoms with Crippen molar-refractivity contribution in [2.45, 2.75) is 45.8 Å². The third-order valence-corrected chi connectivity index (χ3v) is 3.70. The van der Waals surface area contributed by atoms with Gasteiger partial charge in [-0.05, 0) is 24.7 Å². The van der Waals surface area contributed by atoms with Crippen molar-refractivity contribution >= 4 is 11.6 Å². The molecule has 0 unspecified atom stereocenters. The van der Waals surface area contributed by atoms with Gasteiger partial charge in [0.1, 0.15) is 11.0 Å². The minimum atomic E-state index is -4.23. The normalized spacial score (nSPS) is 17.9. The molecule has 2 rings (SSSR count). The van der Waals surface area contributed by atoms with E-state index < -0.39 is 12.7 Å². The van der Waals surface area contributed by atoms with Crippen LogP contribution in [-0.2, 0) is 19.4 Å². The fraction of sp³-hybridized carbons (Fsp3) is 0.692. The van der Waals surface area contributed by atoms with Crippen LogP contribution < -0.4 is 5.32 Å². The minimum Gasteiger partial charge on any atom is -0.302 e. The monoisotopic (exact) mass is 307 g/mol. The molecule has 1 aliphatic rings. The van der Waals surface area contributed by atoms with Crippen LogP contribution in [0.4, 0.5) is 13.2 Å². The van der Waals surface area contributed by atoms with Crippen molar-refractivity contribution in [2.75, 3.05) is 6.54 Å². The highest BCUT2D eigenvalue weighted by Gasteiger charge is 2.29. The van der Waals surface area contributed by atoms with Crippen molar-refractivity contribution < 1.29 is 13.2 Å². The van der Waals surface area contributed by atoms with E-state index in [4.69, 9.17) is 11.6 Å². The topological polar surface area (TPSA) is 37.8 Å². The largest absolute Gasteiger partial charge is 0.401 e. The molecule has 112 valence electrons. The molecule has 1 N–H and O–H groups in total. The average molecular weight is 308 g/mol. The molecule has 1 aromatic heterocycles. The van der Waals surface area contributed by atoms with E-state index in [2.05, 4.69) is 29.1 Å². The van der Waals surface area contributed by atoms with Crippen LogP contribution in [-0.4, -0.2) is 22.7 Å². The van der Waals surface area contributed by atoms with Gasteiger partial charge in [0, 0.05) is 11.3 Å². The van der Waals surface area contributed by atoms with E-state index in [0.717, 1.165) is 30.5 Å². The summed E-state index contributed by atoms with van der Waals surface area (Å²) in [5.74, 6) is 0.317. The molecule has 0 radical (unpaired) electrons. The maximum Gasteiger partial charge on any atom is 0.401 e. The molecule has 0 bridgehead atoms. The van der Waals surface area contributed by atoms with Crippen molar-refractivity contribution in [3.8, 4) is 0 Å². The smallest absolute Gasteiger partial charge is 0.302 e. The van der Waals surface area contributed by atoms with Crippen LogP contribution in [0.15, 0.2) is 0 Å². The Balaban J connectivity index is 2.09. The third kappa shape index (κ3) is 4.06. The number of aryl methyl sites for hydroxylation is 1. The predicted molar refractivity (Wildman–Crippen MR) is 70.6 cm³/mol. The van der Waals surface area contributed by atoms with Gasteiger partial charge in [0.2, 0.25) is 0 Å². The summed E-state index contributed by atoms with van der Waals surface area (Å²) in [7, 11) is 0. The van der Waals surface area contributed by atoms with Crippen molar-refractivity contribution in [1.29, 1.82) is 0 Å². The lowest BCUT2D eigenvalue weighted by atomic mass is 9.76. The molecule has 1 aromatic rings. The van der Waals surface area contributed by atoms with Gasteiger partial charge in [-0.3, -0.25) is 0 Å². The highest BCUT2D eigenvalue weighted by atomic mass is 35.5. The quantitative estimate of drug-likeness (QED) is 0.871. The summed E-state index contributed by atoms with van der Waals surface area (Å²) in [6.45, 7) is 3.23. The second-order valence-corrected chi connectivity index (χ2v) is 6.27. The molecule has 0 spiro atoms. The molecular weight excluding hydrogens is 291 g/mol. The Morgan fingerprint density at radius 1 is 1.30 bits per heavy atom. The number of halogens is 4. The number of hydrogen-bond donors (Lipinski definition) is 1. The summed E-state index contributed by atoms with van der Waals surface area (Å²) in [5, 5.41) is 2.65. The van der Waals surface area contributed by atoms with Crippen LogP contribution in [0, 0.1) is 5.41 Å². The van der Waals surface area contributed by atoms with Gasteiger partial charge in [-0.25, -0.2) is 9.97 Å². The summed E-state index contributed by atoms with van der Waals surface area (Å²) in [5.41, 5.74) is 1.96. The maximum atomic E-state index is 12.1. The maximum absolute atomic E-state index is 12.1. The van der Waals surface area contributed by atoms with Crippen LogP contribution in [0.5, 0.6) is 0 Å². The number of fused-ring (bicyclic) bond motifs is 1. The number of hydrogen-bond acceptors (Lipinski definition) is 3. The molecule has 0 fully saturated rings. The fourth-order valence-electron chi connectivity index (χ4n) is 2.35. The SMILES string of the molecule is CC1(C)CCc2nc(CNCC(F)(F)F)nc(Cl)c2C1. The number of nitrogens with zero attached hydrogens (tertiary/aromatic N) is 2. The first-order valence-corrected chi connectivity index (χ1v) is 6.86. The van der Waals surface area contributed by atoms with Crippen molar-refractivity contribution in [3.63, 3.8) is 0 Å². The molecule has 3 nitrogen and oxygen atoms in total. The van der Waals surface area contributed by atoms with Crippen LogP contribution in [0.1, 0.15) is 37.4 Å². The Hall–Kier alpha value is -0.880. The van der Waals surface area contributed by atoms with Crippen LogP contribution in [0.2, 0.25) is 5.15 Å². The summed E-state index contributed by atoms with van der Waals surface area (Å²) < 4.78 is 36.2. The van der Waals surface area contributed by atoms with Crippen LogP contribution in [0.3, 0.4) is 0 Å². The zero-order valence-corrected chi connectivity index (χ0v) is 12.2. The van der Waals surface area contributed by atoms with E-state index in [1.165, 1.54) is 0 Å². The lowest BCUT2D eigenvalue weighted by molar-refractivity contribution is -0.125. The standard InChI is InChI=1S/C13H17ClF3N3/c1-12(2)4-3-9-8(5-12)11(14)20-10(19-9)6-18-7-13(15,16)17/h18H,3-7H2,1-2H3. The van der Waals surface area contributed by atoms with E-state index in [1.807, 2.05) is 0 Å². The molecule has 0 aliphatic heterocycles. The summed E-state index contributed by atoms with van der Waals surface area (Å²) in [6, 6.07) is 0. The minimum absolute atomic E-state index is 0.0318. The zero-order chi connectivity index (χ0) is 15.0. The van der Waals surface area contributed by atoms with Crippen LogP contribution in [0.25, 0.3) is 0 Å². The van der Waals surface area contributed by atoms with Gasteiger partial charge in [-0.15, -0.1) is 0 Å². The fourth-order valence-corrected chi connectivity index (χ4v) is 2.62. The lowest BCUT2D eigenvalue weighted by Gasteiger charge is -2.31. The van der Waals surface area contributed by atoms with Gasteiger partial charge in [-0.2, -0.15) is 13.2 Å². The Morgan fingerprint density at radius 2 is 2.00 bits per heavy atom. The molecule has 1 heterocycles. The second-order valence-electron chi connectivity index (χ2n) is 5.92. The van der Waals surface area contributed by atoms with Crippen molar-refractivity contribution in [2.24, 2.45) is 5.41 Å². The number of alkyl halides is 3. The first-order chi connectivity index (χ1) is 9.16. The first kappa shape index (κ1) is 15.5.